The zero-order valence-electron chi connectivity index (χ0n) is 10.7. The molecule has 1 unspecified atom stereocenters. The van der Waals surface area contributed by atoms with Crippen molar-refractivity contribution in [2.45, 2.75) is 6.92 Å². The minimum Gasteiger partial charge on any atom is -0.384 e. The average Bonchev–Trinajstić information content (AvgIpc) is 2.80. The lowest BCUT2D eigenvalue weighted by Crippen LogP contribution is -2.29. The van der Waals surface area contributed by atoms with Crippen molar-refractivity contribution in [1.29, 1.82) is 0 Å². The Morgan fingerprint density at radius 1 is 1.44 bits per heavy atom. The lowest BCUT2D eigenvalue weighted by Gasteiger charge is -2.11. The van der Waals surface area contributed by atoms with Gasteiger partial charge in [-0.3, -0.25) is 4.79 Å². The third kappa shape index (κ3) is 2.71. The van der Waals surface area contributed by atoms with Gasteiger partial charge in [-0.05, 0) is 12.0 Å². The number of hydrogen-bond donors (Lipinski definition) is 2. The number of amides is 1. The van der Waals surface area contributed by atoms with E-state index >= 15 is 0 Å². The predicted octanol–water partition coefficient (Wildman–Crippen LogP) is 2.18. The summed E-state index contributed by atoms with van der Waals surface area (Å²) in [6, 6.07) is 7.78. The molecule has 2 rings (SSSR count). The standard InChI is InChI=1S/C14H18N2O2/c1-10(9-18-2)7-16-14(17)12-8-15-13-6-4-3-5-11(12)13/h3-6,8,10,15H,7,9H2,1-2H3,(H,16,17). The van der Waals surface area contributed by atoms with Gasteiger partial charge in [0, 0.05) is 30.8 Å². The Labute approximate surface area is 106 Å². The maximum Gasteiger partial charge on any atom is 0.253 e. The molecule has 0 fully saturated rings. The molecule has 0 bridgehead atoms. The molecular formula is C14H18N2O2. The molecule has 1 amide bonds. The van der Waals surface area contributed by atoms with E-state index in [-0.39, 0.29) is 5.91 Å². The van der Waals surface area contributed by atoms with E-state index in [2.05, 4.69) is 10.3 Å². The lowest BCUT2D eigenvalue weighted by atomic mass is 10.1. The van der Waals surface area contributed by atoms with Crippen molar-refractivity contribution in [3.8, 4) is 0 Å². The van der Waals surface area contributed by atoms with Gasteiger partial charge in [-0.15, -0.1) is 0 Å². The predicted molar refractivity (Wildman–Crippen MR) is 71.7 cm³/mol. The van der Waals surface area contributed by atoms with Crippen molar-refractivity contribution in [3.05, 3.63) is 36.0 Å². The van der Waals surface area contributed by atoms with Crippen LogP contribution in [0.1, 0.15) is 17.3 Å². The van der Waals surface area contributed by atoms with E-state index in [1.54, 1.807) is 13.3 Å². The Morgan fingerprint density at radius 2 is 2.22 bits per heavy atom. The maximum atomic E-state index is 12.1. The summed E-state index contributed by atoms with van der Waals surface area (Å²) in [4.78, 5) is 15.2. The Morgan fingerprint density at radius 3 is 3.00 bits per heavy atom. The van der Waals surface area contributed by atoms with E-state index in [4.69, 9.17) is 4.74 Å². The van der Waals surface area contributed by atoms with E-state index in [9.17, 15) is 4.79 Å². The number of rotatable bonds is 5. The SMILES string of the molecule is COCC(C)CNC(=O)c1c[nH]c2ccccc12. The molecule has 4 nitrogen and oxygen atoms in total. The molecule has 0 saturated heterocycles. The second-order valence-electron chi connectivity index (χ2n) is 4.52. The number of para-hydroxylation sites is 1. The van der Waals surface area contributed by atoms with Gasteiger partial charge < -0.3 is 15.0 Å². The quantitative estimate of drug-likeness (QED) is 0.849. The minimum absolute atomic E-state index is 0.0459. The molecule has 0 aliphatic carbocycles. The zero-order chi connectivity index (χ0) is 13.0. The molecular weight excluding hydrogens is 228 g/mol. The Bertz CT molecular complexity index is 533. The van der Waals surface area contributed by atoms with Gasteiger partial charge in [0.2, 0.25) is 0 Å². The van der Waals surface area contributed by atoms with Crippen LogP contribution in [0, 0.1) is 5.92 Å². The van der Waals surface area contributed by atoms with Crippen LogP contribution in [0.3, 0.4) is 0 Å². The summed E-state index contributed by atoms with van der Waals surface area (Å²) in [5, 5.41) is 3.88. The molecule has 2 N–H and O–H groups in total. The van der Waals surface area contributed by atoms with Crippen LogP contribution < -0.4 is 5.32 Å². The fourth-order valence-corrected chi connectivity index (χ4v) is 1.96. The van der Waals surface area contributed by atoms with E-state index in [1.807, 2.05) is 31.2 Å². The zero-order valence-corrected chi connectivity index (χ0v) is 10.7. The van der Waals surface area contributed by atoms with E-state index in [0.717, 1.165) is 10.9 Å². The number of methoxy groups -OCH3 is 1. The van der Waals surface area contributed by atoms with Crippen molar-refractivity contribution >= 4 is 16.8 Å². The van der Waals surface area contributed by atoms with Crippen molar-refractivity contribution in [2.24, 2.45) is 5.92 Å². The van der Waals surface area contributed by atoms with Crippen molar-refractivity contribution in [3.63, 3.8) is 0 Å². The van der Waals surface area contributed by atoms with Gasteiger partial charge in [0.25, 0.3) is 5.91 Å². The summed E-state index contributed by atoms with van der Waals surface area (Å²) in [5.74, 6) is 0.263. The van der Waals surface area contributed by atoms with Crippen LogP contribution >= 0.6 is 0 Å². The van der Waals surface area contributed by atoms with Crippen LogP contribution in [-0.4, -0.2) is 31.2 Å². The summed E-state index contributed by atoms with van der Waals surface area (Å²) in [7, 11) is 1.66. The van der Waals surface area contributed by atoms with Crippen molar-refractivity contribution < 1.29 is 9.53 Å². The third-order valence-electron chi connectivity index (χ3n) is 2.90. The Hall–Kier alpha value is -1.81. The first-order valence-electron chi connectivity index (χ1n) is 6.05. The van der Waals surface area contributed by atoms with Gasteiger partial charge in [0.15, 0.2) is 0 Å². The summed E-state index contributed by atoms with van der Waals surface area (Å²) < 4.78 is 5.04. The highest BCUT2D eigenvalue weighted by Crippen LogP contribution is 2.17. The molecule has 0 aliphatic heterocycles. The number of ether oxygens (including phenoxy) is 1. The Kier molecular flexibility index (Phi) is 3.99. The van der Waals surface area contributed by atoms with E-state index in [0.29, 0.717) is 24.6 Å². The highest BCUT2D eigenvalue weighted by atomic mass is 16.5. The number of nitrogens with one attached hydrogen (secondary N) is 2. The molecule has 0 spiro atoms. The van der Waals surface area contributed by atoms with Gasteiger partial charge in [0.05, 0.1) is 12.2 Å². The highest BCUT2D eigenvalue weighted by molar-refractivity contribution is 6.06. The molecule has 96 valence electrons. The topological polar surface area (TPSA) is 54.1 Å². The van der Waals surface area contributed by atoms with Crippen LogP contribution in [0.15, 0.2) is 30.5 Å². The van der Waals surface area contributed by atoms with Crippen LogP contribution in [0.5, 0.6) is 0 Å². The van der Waals surface area contributed by atoms with Gasteiger partial charge in [-0.25, -0.2) is 0 Å². The normalized spacial score (nSPS) is 12.6. The summed E-state index contributed by atoms with van der Waals surface area (Å²) in [6.07, 6.45) is 1.75. The van der Waals surface area contributed by atoms with Crippen LogP contribution in [-0.2, 0) is 4.74 Å². The molecule has 18 heavy (non-hydrogen) atoms. The number of H-pyrrole nitrogens is 1. The smallest absolute Gasteiger partial charge is 0.253 e. The molecule has 2 aromatic rings. The highest BCUT2D eigenvalue weighted by Gasteiger charge is 2.12. The van der Waals surface area contributed by atoms with Crippen molar-refractivity contribution in [2.75, 3.05) is 20.3 Å². The number of carbonyl (C=O) groups excluding carboxylic acids is 1. The van der Waals surface area contributed by atoms with Gasteiger partial charge in [0.1, 0.15) is 0 Å². The fraction of sp³-hybridized carbons (Fsp3) is 0.357. The lowest BCUT2D eigenvalue weighted by molar-refractivity contribution is 0.0936. The molecule has 0 saturated carbocycles. The molecule has 1 atom stereocenters. The monoisotopic (exact) mass is 246 g/mol. The van der Waals surface area contributed by atoms with E-state index in [1.165, 1.54) is 0 Å². The summed E-state index contributed by atoms with van der Waals surface area (Å²) in [6.45, 7) is 3.30. The van der Waals surface area contributed by atoms with Gasteiger partial charge in [-0.2, -0.15) is 0 Å². The van der Waals surface area contributed by atoms with Gasteiger partial charge >= 0.3 is 0 Å². The fourth-order valence-electron chi connectivity index (χ4n) is 1.96. The summed E-state index contributed by atoms with van der Waals surface area (Å²) in [5.41, 5.74) is 1.67. The average molecular weight is 246 g/mol. The number of fused-ring (bicyclic) bond motifs is 1. The number of aromatic amines is 1. The molecule has 1 aromatic heterocycles. The second kappa shape index (κ2) is 5.69. The molecule has 0 aliphatic rings. The first kappa shape index (κ1) is 12.6. The largest absolute Gasteiger partial charge is 0.384 e. The molecule has 0 radical (unpaired) electrons. The van der Waals surface area contributed by atoms with Crippen LogP contribution in [0.2, 0.25) is 0 Å². The second-order valence-corrected chi connectivity index (χ2v) is 4.52. The minimum atomic E-state index is -0.0459. The van der Waals surface area contributed by atoms with Gasteiger partial charge in [-0.1, -0.05) is 25.1 Å². The van der Waals surface area contributed by atoms with Crippen LogP contribution in [0.25, 0.3) is 10.9 Å². The number of benzene rings is 1. The molecule has 1 heterocycles. The Balaban J connectivity index is 2.05. The van der Waals surface area contributed by atoms with Crippen LogP contribution in [0.4, 0.5) is 0 Å². The summed E-state index contributed by atoms with van der Waals surface area (Å²) >= 11 is 0. The first-order valence-corrected chi connectivity index (χ1v) is 6.05. The van der Waals surface area contributed by atoms with Crippen molar-refractivity contribution in [1.82, 2.24) is 10.3 Å². The maximum absolute atomic E-state index is 12.1. The molecule has 1 aromatic carbocycles. The third-order valence-corrected chi connectivity index (χ3v) is 2.90. The first-order chi connectivity index (χ1) is 8.72. The number of hydrogen-bond acceptors (Lipinski definition) is 2. The number of aromatic nitrogens is 1. The number of carbonyl (C=O) groups is 1. The molecule has 4 heteroatoms. The van der Waals surface area contributed by atoms with E-state index < -0.39 is 0 Å².